The molecule has 2 aliphatic rings. The van der Waals surface area contributed by atoms with Crippen LogP contribution in [0.15, 0.2) is 6.07 Å². The van der Waals surface area contributed by atoms with Crippen molar-refractivity contribution in [3.63, 3.8) is 0 Å². The summed E-state index contributed by atoms with van der Waals surface area (Å²) in [5, 5.41) is 12.5. The summed E-state index contributed by atoms with van der Waals surface area (Å²) in [4.78, 5) is 13.2. The van der Waals surface area contributed by atoms with Gasteiger partial charge in [-0.05, 0) is 43.2 Å². The summed E-state index contributed by atoms with van der Waals surface area (Å²) in [6.07, 6.45) is 4.52. The van der Waals surface area contributed by atoms with Gasteiger partial charge in [-0.1, -0.05) is 23.2 Å². The molecular formula is C15H20Cl2N2O2S. The van der Waals surface area contributed by atoms with E-state index in [-0.39, 0.29) is 6.54 Å². The predicted octanol–water partition coefficient (Wildman–Crippen LogP) is 3.47. The maximum absolute atomic E-state index is 11.0. The van der Waals surface area contributed by atoms with E-state index in [1.54, 1.807) is 0 Å². The monoisotopic (exact) mass is 362 g/mol. The molecule has 0 aliphatic heterocycles. The highest BCUT2D eigenvalue weighted by molar-refractivity contribution is 7.20. The summed E-state index contributed by atoms with van der Waals surface area (Å²) < 4.78 is 1.46. The van der Waals surface area contributed by atoms with E-state index in [1.165, 1.54) is 24.2 Å². The number of aliphatic carboxylic acids is 1. The highest BCUT2D eigenvalue weighted by Gasteiger charge is 2.36. The fraction of sp³-hybridized carbons (Fsp3) is 0.667. The molecule has 0 unspecified atom stereocenters. The van der Waals surface area contributed by atoms with E-state index in [0.29, 0.717) is 16.4 Å². The van der Waals surface area contributed by atoms with Crippen LogP contribution in [0.5, 0.6) is 0 Å². The van der Waals surface area contributed by atoms with Crippen LogP contribution in [0, 0.1) is 5.92 Å². The number of carbonyl (C=O) groups is 1. The third-order valence-electron chi connectivity index (χ3n) is 4.47. The van der Waals surface area contributed by atoms with Crippen LogP contribution >= 0.6 is 34.5 Å². The molecule has 1 aromatic heterocycles. The molecule has 0 spiro atoms. The van der Waals surface area contributed by atoms with Gasteiger partial charge in [-0.25, -0.2) is 0 Å². The summed E-state index contributed by atoms with van der Waals surface area (Å²) in [5.74, 6) is -0.00475. The number of rotatable bonds is 8. The summed E-state index contributed by atoms with van der Waals surface area (Å²) in [6.45, 7) is 1.83. The van der Waals surface area contributed by atoms with Crippen molar-refractivity contribution in [1.29, 1.82) is 0 Å². The van der Waals surface area contributed by atoms with E-state index in [9.17, 15) is 4.79 Å². The van der Waals surface area contributed by atoms with E-state index >= 15 is 0 Å². The lowest BCUT2D eigenvalue weighted by Crippen LogP contribution is -2.54. The molecule has 2 fully saturated rings. The Morgan fingerprint density at radius 1 is 1.41 bits per heavy atom. The average molecular weight is 363 g/mol. The van der Waals surface area contributed by atoms with E-state index in [2.05, 4.69) is 10.2 Å². The molecule has 4 nitrogen and oxygen atoms in total. The van der Waals surface area contributed by atoms with Crippen molar-refractivity contribution in [2.75, 3.05) is 13.1 Å². The van der Waals surface area contributed by atoms with Crippen LogP contribution in [0.3, 0.4) is 0 Å². The maximum Gasteiger partial charge on any atom is 0.317 e. The van der Waals surface area contributed by atoms with Gasteiger partial charge < -0.3 is 10.4 Å². The highest BCUT2D eigenvalue weighted by Crippen LogP contribution is 2.34. The van der Waals surface area contributed by atoms with E-state index < -0.39 is 5.97 Å². The van der Waals surface area contributed by atoms with Gasteiger partial charge in [0, 0.05) is 25.2 Å². The third-order valence-corrected chi connectivity index (χ3v) is 6.04. The molecule has 3 rings (SSSR count). The number of carboxylic acid groups (broad SMARTS) is 1. The lowest BCUT2D eigenvalue weighted by Gasteiger charge is -2.43. The first-order valence-electron chi connectivity index (χ1n) is 7.64. The Morgan fingerprint density at radius 2 is 2.14 bits per heavy atom. The zero-order valence-electron chi connectivity index (χ0n) is 12.2. The Bertz CT molecular complexity index is 542. The van der Waals surface area contributed by atoms with Crippen molar-refractivity contribution >= 4 is 40.5 Å². The van der Waals surface area contributed by atoms with Gasteiger partial charge in [0.25, 0.3) is 0 Å². The second-order valence-corrected chi connectivity index (χ2v) is 8.60. The molecule has 0 saturated heterocycles. The molecule has 2 N–H and O–H groups in total. The molecule has 0 atom stereocenters. The fourth-order valence-corrected chi connectivity index (χ4v) is 4.44. The molecule has 0 amide bonds. The van der Waals surface area contributed by atoms with Crippen LogP contribution in [0.2, 0.25) is 8.67 Å². The van der Waals surface area contributed by atoms with Crippen molar-refractivity contribution in [3.05, 3.63) is 20.3 Å². The normalized spacial score (nSPS) is 24.5. The first-order chi connectivity index (χ1) is 10.5. The van der Waals surface area contributed by atoms with E-state index in [4.69, 9.17) is 28.3 Å². The molecule has 0 bridgehead atoms. The minimum atomic E-state index is -0.725. The standard InChI is InChI=1S/C15H20Cl2N2O2S/c16-13-3-10(15(17)22-13)6-18-11-4-12(5-11)19(8-14(20)21)7-9-1-2-9/h3,9,11-12,18H,1-2,4-8H2,(H,20,21). The van der Waals surface area contributed by atoms with Gasteiger partial charge in [-0.3, -0.25) is 9.69 Å². The molecule has 2 aliphatic carbocycles. The number of halogens is 2. The average Bonchev–Trinajstić information content (AvgIpc) is 3.12. The maximum atomic E-state index is 11.0. The Labute approximate surface area is 144 Å². The molecule has 1 aromatic rings. The number of carboxylic acids is 1. The lowest BCUT2D eigenvalue weighted by atomic mass is 9.85. The third kappa shape index (κ3) is 4.36. The van der Waals surface area contributed by atoms with Crippen molar-refractivity contribution in [3.8, 4) is 0 Å². The van der Waals surface area contributed by atoms with Crippen LogP contribution in [0.4, 0.5) is 0 Å². The number of nitrogens with zero attached hydrogens (tertiary/aromatic N) is 1. The van der Waals surface area contributed by atoms with Crippen molar-refractivity contribution < 1.29 is 9.90 Å². The van der Waals surface area contributed by atoms with Crippen LogP contribution < -0.4 is 5.32 Å². The van der Waals surface area contributed by atoms with Gasteiger partial charge in [0.05, 0.1) is 15.2 Å². The first-order valence-corrected chi connectivity index (χ1v) is 9.21. The van der Waals surface area contributed by atoms with Gasteiger partial charge in [-0.15, -0.1) is 11.3 Å². The summed E-state index contributed by atoms with van der Waals surface area (Å²) in [7, 11) is 0. The van der Waals surface area contributed by atoms with Gasteiger partial charge in [0.2, 0.25) is 0 Å². The Morgan fingerprint density at radius 3 is 2.68 bits per heavy atom. The van der Waals surface area contributed by atoms with Crippen molar-refractivity contribution in [1.82, 2.24) is 10.2 Å². The molecule has 0 radical (unpaired) electrons. The van der Waals surface area contributed by atoms with Gasteiger partial charge in [0.1, 0.15) is 0 Å². The second-order valence-electron chi connectivity index (χ2n) is 6.32. The van der Waals surface area contributed by atoms with Crippen LogP contribution in [0.25, 0.3) is 0 Å². The summed E-state index contributed by atoms with van der Waals surface area (Å²) in [5.41, 5.74) is 1.04. The van der Waals surface area contributed by atoms with Gasteiger partial charge in [0.15, 0.2) is 0 Å². The first kappa shape index (κ1) is 16.5. The molecule has 122 valence electrons. The minimum Gasteiger partial charge on any atom is -0.480 e. The van der Waals surface area contributed by atoms with Crippen molar-refractivity contribution in [2.45, 2.75) is 44.3 Å². The zero-order chi connectivity index (χ0) is 15.7. The number of thiophene rings is 1. The van der Waals surface area contributed by atoms with Crippen LogP contribution in [-0.2, 0) is 11.3 Å². The largest absolute Gasteiger partial charge is 0.480 e. The summed E-state index contributed by atoms with van der Waals surface area (Å²) >= 11 is 13.4. The Hall–Kier alpha value is -0.330. The minimum absolute atomic E-state index is 0.167. The van der Waals surface area contributed by atoms with Crippen molar-refractivity contribution in [2.24, 2.45) is 5.92 Å². The number of hydrogen-bond donors (Lipinski definition) is 2. The topological polar surface area (TPSA) is 52.6 Å². The lowest BCUT2D eigenvalue weighted by molar-refractivity contribution is -0.139. The van der Waals surface area contributed by atoms with Gasteiger partial charge >= 0.3 is 5.97 Å². The second kappa shape index (κ2) is 7.05. The Balaban J connectivity index is 1.43. The smallest absolute Gasteiger partial charge is 0.317 e. The van der Waals surface area contributed by atoms with Crippen LogP contribution in [-0.4, -0.2) is 41.1 Å². The molecule has 22 heavy (non-hydrogen) atoms. The number of hydrogen-bond acceptors (Lipinski definition) is 4. The molecule has 0 aromatic carbocycles. The molecule has 2 saturated carbocycles. The molecule has 7 heteroatoms. The summed E-state index contributed by atoms with van der Waals surface area (Å²) in [6, 6.07) is 2.74. The molecule has 1 heterocycles. The van der Waals surface area contributed by atoms with E-state index in [1.807, 2.05) is 6.07 Å². The number of nitrogens with one attached hydrogen (secondary N) is 1. The fourth-order valence-electron chi connectivity index (χ4n) is 2.95. The quantitative estimate of drug-likeness (QED) is 0.743. The SMILES string of the molecule is O=C(O)CN(CC1CC1)C1CC(NCc2cc(Cl)sc2Cl)C1. The molecular weight excluding hydrogens is 343 g/mol. The Kier molecular flexibility index (Phi) is 5.30. The van der Waals surface area contributed by atoms with Crippen LogP contribution in [0.1, 0.15) is 31.2 Å². The predicted molar refractivity (Wildman–Crippen MR) is 89.9 cm³/mol. The highest BCUT2D eigenvalue weighted by atomic mass is 35.5. The zero-order valence-corrected chi connectivity index (χ0v) is 14.6. The van der Waals surface area contributed by atoms with Gasteiger partial charge in [-0.2, -0.15) is 0 Å². The van der Waals surface area contributed by atoms with E-state index in [0.717, 1.165) is 41.7 Å².